The molecule has 0 saturated heterocycles. The van der Waals surface area contributed by atoms with Crippen molar-refractivity contribution in [3.8, 4) is 0 Å². The fourth-order valence-electron chi connectivity index (χ4n) is 1.44. The molecule has 1 heterocycles. The highest BCUT2D eigenvalue weighted by molar-refractivity contribution is 7.15. The van der Waals surface area contributed by atoms with E-state index in [4.69, 9.17) is 16.3 Å². The lowest BCUT2D eigenvalue weighted by Gasteiger charge is -1.96. The largest absolute Gasteiger partial charge is 0.374 e. The van der Waals surface area contributed by atoms with Crippen LogP contribution in [0.3, 0.4) is 0 Å². The number of hydrogen-bond acceptors (Lipinski definition) is 5. The van der Waals surface area contributed by atoms with Gasteiger partial charge < -0.3 is 4.74 Å². The van der Waals surface area contributed by atoms with E-state index in [2.05, 4.69) is 15.5 Å². The molecule has 1 aromatic carbocycles. The van der Waals surface area contributed by atoms with Gasteiger partial charge in [0.1, 0.15) is 11.6 Å². The molecule has 0 aliphatic rings. The number of amides is 1. The van der Waals surface area contributed by atoms with Gasteiger partial charge in [0, 0.05) is 17.7 Å². The van der Waals surface area contributed by atoms with Gasteiger partial charge in [-0.3, -0.25) is 10.1 Å². The molecule has 0 unspecified atom stereocenters. The highest BCUT2D eigenvalue weighted by Crippen LogP contribution is 2.16. The van der Waals surface area contributed by atoms with E-state index >= 15 is 0 Å². The number of rotatable bonds is 6. The van der Waals surface area contributed by atoms with E-state index in [9.17, 15) is 4.79 Å². The molecule has 0 spiro atoms. The third kappa shape index (κ3) is 5.26. The van der Waals surface area contributed by atoms with Crippen LogP contribution in [0.2, 0.25) is 5.02 Å². The predicted molar refractivity (Wildman–Crippen MR) is 84.4 cm³/mol. The summed E-state index contributed by atoms with van der Waals surface area (Å²) in [6.07, 6.45) is 3.14. The van der Waals surface area contributed by atoms with Gasteiger partial charge in [0.15, 0.2) is 0 Å². The first-order valence-corrected chi connectivity index (χ1v) is 7.51. The van der Waals surface area contributed by atoms with Crippen molar-refractivity contribution in [3.63, 3.8) is 0 Å². The van der Waals surface area contributed by atoms with E-state index in [1.807, 2.05) is 19.1 Å². The normalized spacial score (nSPS) is 11.0. The molecule has 1 N–H and O–H groups in total. The molecular formula is C14H14ClN3O2S. The number of anilines is 1. The summed E-state index contributed by atoms with van der Waals surface area (Å²) in [7, 11) is 0. The zero-order valence-electron chi connectivity index (χ0n) is 11.4. The first-order valence-electron chi connectivity index (χ1n) is 6.32. The minimum atomic E-state index is -0.260. The summed E-state index contributed by atoms with van der Waals surface area (Å²) in [5.41, 5.74) is 0.892. The van der Waals surface area contributed by atoms with Gasteiger partial charge in [0.2, 0.25) is 11.0 Å². The minimum absolute atomic E-state index is 0.260. The molecule has 0 saturated carbocycles. The molecule has 0 aliphatic heterocycles. The van der Waals surface area contributed by atoms with Crippen molar-refractivity contribution >= 4 is 40.1 Å². The number of aromatic nitrogens is 2. The van der Waals surface area contributed by atoms with Gasteiger partial charge in [-0.05, 0) is 30.7 Å². The number of halogens is 1. The van der Waals surface area contributed by atoms with Gasteiger partial charge in [-0.25, -0.2) is 0 Å². The fourth-order valence-corrected chi connectivity index (χ4v) is 2.25. The van der Waals surface area contributed by atoms with Crippen LogP contribution in [-0.4, -0.2) is 22.7 Å². The second-order valence-electron chi connectivity index (χ2n) is 4.01. The lowest BCUT2D eigenvalue weighted by atomic mass is 10.2. The summed E-state index contributed by atoms with van der Waals surface area (Å²) in [6.45, 7) is 2.93. The summed E-state index contributed by atoms with van der Waals surface area (Å²) >= 11 is 7.09. The van der Waals surface area contributed by atoms with Crippen molar-refractivity contribution < 1.29 is 9.53 Å². The number of hydrogen-bond donors (Lipinski definition) is 1. The van der Waals surface area contributed by atoms with Crippen molar-refractivity contribution in [2.24, 2.45) is 0 Å². The number of nitrogens with one attached hydrogen (secondary N) is 1. The summed E-state index contributed by atoms with van der Waals surface area (Å²) in [5, 5.41) is 12.3. The number of carbonyl (C=O) groups is 1. The molecular weight excluding hydrogens is 310 g/mol. The van der Waals surface area contributed by atoms with Crippen LogP contribution in [0.5, 0.6) is 0 Å². The van der Waals surface area contributed by atoms with Crippen LogP contribution in [0.1, 0.15) is 17.5 Å². The molecule has 110 valence electrons. The number of ether oxygens (including phenoxy) is 1. The molecule has 1 aromatic heterocycles. The molecule has 0 bridgehead atoms. The topological polar surface area (TPSA) is 64.1 Å². The molecule has 0 atom stereocenters. The van der Waals surface area contributed by atoms with E-state index in [1.54, 1.807) is 18.2 Å². The van der Waals surface area contributed by atoms with Gasteiger partial charge in [0.05, 0.1) is 0 Å². The van der Waals surface area contributed by atoms with Gasteiger partial charge in [-0.15, -0.1) is 10.2 Å². The van der Waals surface area contributed by atoms with Crippen LogP contribution >= 0.6 is 22.9 Å². The summed E-state index contributed by atoms with van der Waals surface area (Å²) in [5.74, 6) is -0.260. The molecule has 7 heteroatoms. The van der Waals surface area contributed by atoms with E-state index in [1.165, 1.54) is 17.4 Å². The molecule has 2 rings (SSSR count). The van der Waals surface area contributed by atoms with Crippen molar-refractivity contribution in [1.82, 2.24) is 10.2 Å². The highest BCUT2D eigenvalue weighted by Gasteiger charge is 2.06. The van der Waals surface area contributed by atoms with Crippen molar-refractivity contribution in [2.45, 2.75) is 13.5 Å². The van der Waals surface area contributed by atoms with E-state index in [-0.39, 0.29) is 5.91 Å². The predicted octanol–water partition coefficient (Wildman–Crippen LogP) is 3.38. The third-order valence-corrected chi connectivity index (χ3v) is 3.49. The Morgan fingerprint density at radius 2 is 2.14 bits per heavy atom. The Morgan fingerprint density at radius 3 is 2.86 bits per heavy atom. The summed E-state index contributed by atoms with van der Waals surface area (Å²) in [4.78, 5) is 11.8. The van der Waals surface area contributed by atoms with Gasteiger partial charge >= 0.3 is 0 Å². The van der Waals surface area contributed by atoms with Crippen molar-refractivity contribution in [3.05, 3.63) is 45.9 Å². The second kappa shape index (κ2) is 7.87. The lowest BCUT2D eigenvalue weighted by Crippen LogP contribution is -2.07. The molecule has 0 radical (unpaired) electrons. The first-order chi connectivity index (χ1) is 10.2. The smallest absolute Gasteiger partial charge is 0.250 e. The zero-order valence-corrected chi connectivity index (χ0v) is 12.9. The van der Waals surface area contributed by atoms with Crippen LogP contribution in [-0.2, 0) is 16.1 Å². The maximum absolute atomic E-state index is 11.8. The highest BCUT2D eigenvalue weighted by atomic mass is 35.5. The average molecular weight is 324 g/mol. The standard InChI is InChI=1S/C14H14ClN3O2S/c1-2-20-9-13-17-18-14(21-13)16-12(19)8-5-10-3-6-11(15)7-4-10/h3-8H,2,9H2,1H3,(H,16,18,19)/b8-5+. The Hall–Kier alpha value is -1.76. The maximum atomic E-state index is 11.8. The minimum Gasteiger partial charge on any atom is -0.374 e. The second-order valence-corrected chi connectivity index (χ2v) is 5.51. The Kier molecular flexibility index (Phi) is 5.86. The Balaban J connectivity index is 1.89. The SMILES string of the molecule is CCOCc1nnc(NC(=O)/C=C/c2ccc(Cl)cc2)s1. The summed E-state index contributed by atoms with van der Waals surface area (Å²) in [6, 6.07) is 7.20. The van der Waals surface area contributed by atoms with Crippen molar-refractivity contribution in [2.75, 3.05) is 11.9 Å². The van der Waals surface area contributed by atoms with E-state index in [0.29, 0.717) is 23.4 Å². The lowest BCUT2D eigenvalue weighted by molar-refractivity contribution is -0.111. The van der Waals surface area contributed by atoms with E-state index in [0.717, 1.165) is 10.6 Å². The van der Waals surface area contributed by atoms with Gasteiger partial charge in [-0.1, -0.05) is 35.1 Å². The average Bonchev–Trinajstić information content (AvgIpc) is 2.92. The van der Waals surface area contributed by atoms with Gasteiger partial charge in [0.25, 0.3) is 0 Å². The number of carbonyl (C=O) groups excluding carboxylic acids is 1. The van der Waals surface area contributed by atoms with Crippen LogP contribution in [0, 0.1) is 0 Å². The number of benzene rings is 1. The number of nitrogens with zero attached hydrogens (tertiary/aromatic N) is 2. The molecule has 1 amide bonds. The molecule has 0 fully saturated rings. The van der Waals surface area contributed by atoms with Crippen LogP contribution in [0.15, 0.2) is 30.3 Å². The van der Waals surface area contributed by atoms with E-state index < -0.39 is 0 Å². The Bertz CT molecular complexity index is 625. The van der Waals surface area contributed by atoms with Crippen LogP contribution in [0.4, 0.5) is 5.13 Å². The zero-order chi connectivity index (χ0) is 15.1. The van der Waals surface area contributed by atoms with Crippen molar-refractivity contribution in [1.29, 1.82) is 0 Å². The molecule has 2 aromatic rings. The maximum Gasteiger partial charge on any atom is 0.250 e. The first kappa shape index (κ1) is 15.6. The quantitative estimate of drug-likeness (QED) is 0.828. The van der Waals surface area contributed by atoms with Gasteiger partial charge in [-0.2, -0.15) is 0 Å². The summed E-state index contributed by atoms with van der Waals surface area (Å²) < 4.78 is 5.22. The molecule has 0 aliphatic carbocycles. The Labute approximate surface area is 131 Å². The molecule has 21 heavy (non-hydrogen) atoms. The monoisotopic (exact) mass is 323 g/mol. The van der Waals surface area contributed by atoms with Crippen LogP contribution < -0.4 is 5.32 Å². The Morgan fingerprint density at radius 1 is 1.38 bits per heavy atom. The molecule has 5 nitrogen and oxygen atoms in total. The van der Waals surface area contributed by atoms with Crippen LogP contribution in [0.25, 0.3) is 6.08 Å². The fraction of sp³-hybridized carbons (Fsp3) is 0.214. The third-order valence-electron chi connectivity index (χ3n) is 2.42.